The Morgan fingerprint density at radius 3 is 2.22 bits per heavy atom. The maximum Gasteiger partial charge on any atom is 0.0610 e. The molecule has 0 heterocycles. The predicted octanol–water partition coefficient (Wildman–Crippen LogP) is 2.97. The Morgan fingerprint density at radius 1 is 1.17 bits per heavy atom. The third kappa shape index (κ3) is 8.90. The van der Waals surface area contributed by atoms with Gasteiger partial charge in [-0.2, -0.15) is 0 Å². The van der Waals surface area contributed by atoms with Crippen molar-refractivity contribution >= 4 is 0 Å². The molecule has 3 heteroatoms. The van der Waals surface area contributed by atoms with Gasteiger partial charge in [-0.15, -0.1) is 0 Å². The highest BCUT2D eigenvalue weighted by Gasteiger charge is 2.23. The van der Waals surface area contributed by atoms with E-state index in [1.54, 1.807) is 0 Å². The topological polar surface area (TPSA) is 41.5 Å². The summed E-state index contributed by atoms with van der Waals surface area (Å²) < 4.78 is 5.79. The van der Waals surface area contributed by atoms with Crippen LogP contribution in [0.1, 0.15) is 60.8 Å². The molecule has 0 saturated carbocycles. The van der Waals surface area contributed by atoms with E-state index in [1.807, 2.05) is 0 Å². The van der Waals surface area contributed by atoms with E-state index in [0.29, 0.717) is 18.1 Å². The molecule has 0 amide bonds. The second-order valence-electron chi connectivity index (χ2n) is 6.43. The Kier molecular flexibility index (Phi) is 8.83. The third-order valence-electron chi connectivity index (χ3n) is 3.06. The molecule has 0 fully saturated rings. The number of hydrogen-bond donors (Lipinski definition) is 2. The van der Waals surface area contributed by atoms with Crippen molar-refractivity contribution in [2.45, 2.75) is 78.5 Å². The van der Waals surface area contributed by atoms with Gasteiger partial charge in [0.05, 0.1) is 12.7 Å². The highest BCUT2D eigenvalue weighted by atomic mass is 16.5. The molecule has 0 saturated heterocycles. The molecule has 3 nitrogen and oxygen atoms in total. The Hall–Kier alpha value is -0.120. The minimum absolute atomic E-state index is 0.173. The fourth-order valence-corrected chi connectivity index (χ4v) is 2.37. The SMILES string of the molecule is CC(C)CC(C)OCCCC(C)(CO)NC(C)C. The molecule has 0 aliphatic rings. The van der Waals surface area contributed by atoms with Crippen molar-refractivity contribution in [1.82, 2.24) is 5.32 Å². The Bertz CT molecular complexity index is 207. The van der Waals surface area contributed by atoms with E-state index in [1.165, 1.54) is 0 Å². The van der Waals surface area contributed by atoms with Gasteiger partial charge in [0, 0.05) is 18.2 Å². The van der Waals surface area contributed by atoms with E-state index in [2.05, 4.69) is 46.9 Å². The number of nitrogens with one attached hydrogen (secondary N) is 1. The third-order valence-corrected chi connectivity index (χ3v) is 3.06. The summed E-state index contributed by atoms with van der Waals surface area (Å²) in [5, 5.41) is 12.9. The van der Waals surface area contributed by atoms with E-state index in [4.69, 9.17) is 4.74 Å². The second-order valence-corrected chi connectivity index (χ2v) is 6.43. The molecule has 0 radical (unpaired) electrons. The maximum absolute atomic E-state index is 9.46. The molecule has 0 aromatic carbocycles. The van der Waals surface area contributed by atoms with Crippen LogP contribution in [0, 0.1) is 5.92 Å². The fraction of sp³-hybridized carbons (Fsp3) is 1.00. The van der Waals surface area contributed by atoms with Crippen LogP contribution in [-0.4, -0.2) is 36.0 Å². The molecule has 0 aromatic rings. The molecule has 2 atom stereocenters. The van der Waals surface area contributed by atoms with Crippen LogP contribution in [0.2, 0.25) is 0 Å². The van der Waals surface area contributed by atoms with E-state index in [9.17, 15) is 5.11 Å². The van der Waals surface area contributed by atoms with Gasteiger partial charge in [0.1, 0.15) is 0 Å². The van der Waals surface area contributed by atoms with Crippen molar-refractivity contribution in [3.8, 4) is 0 Å². The molecule has 0 bridgehead atoms. The molecule has 18 heavy (non-hydrogen) atoms. The molecule has 110 valence electrons. The second kappa shape index (κ2) is 8.89. The summed E-state index contributed by atoms with van der Waals surface area (Å²) in [6.45, 7) is 13.8. The van der Waals surface area contributed by atoms with Gasteiger partial charge in [0.15, 0.2) is 0 Å². The lowest BCUT2D eigenvalue weighted by molar-refractivity contribution is 0.0429. The molecule has 2 N–H and O–H groups in total. The summed E-state index contributed by atoms with van der Waals surface area (Å²) in [5.41, 5.74) is -0.182. The summed E-state index contributed by atoms with van der Waals surface area (Å²) in [6.07, 6.45) is 3.38. The van der Waals surface area contributed by atoms with Crippen LogP contribution < -0.4 is 5.32 Å². The summed E-state index contributed by atoms with van der Waals surface area (Å²) in [6, 6.07) is 0.392. The first kappa shape index (κ1) is 17.9. The van der Waals surface area contributed by atoms with Crippen molar-refractivity contribution < 1.29 is 9.84 Å². The van der Waals surface area contributed by atoms with Crippen molar-refractivity contribution in [3.05, 3.63) is 0 Å². The first-order valence-electron chi connectivity index (χ1n) is 7.29. The zero-order valence-electron chi connectivity index (χ0n) is 13.1. The first-order valence-corrected chi connectivity index (χ1v) is 7.29. The number of aliphatic hydroxyl groups excluding tert-OH is 1. The van der Waals surface area contributed by atoms with E-state index in [0.717, 1.165) is 25.9 Å². The molecule has 0 aliphatic heterocycles. The smallest absolute Gasteiger partial charge is 0.0610 e. The van der Waals surface area contributed by atoms with Gasteiger partial charge in [-0.3, -0.25) is 0 Å². The number of hydrogen-bond acceptors (Lipinski definition) is 3. The van der Waals surface area contributed by atoms with Gasteiger partial charge in [0.25, 0.3) is 0 Å². The zero-order chi connectivity index (χ0) is 14.2. The van der Waals surface area contributed by atoms with Crippen molar-refractivity contribution in [3.63, 3.8) is 0 Å². The van der Waals surface area contributed by atoms with Gasteiger partial charge in [-0.25, -0.2) is 0 Å². The van der Waals surface area contributed by atoms with Crippen LogP contribution in [0.5, 0.6) is 0 Å². The highest BCUT2D eigenvalue weighted by molar-refractivity contribution is 4.83. The molecule has 0 rings (SSSR count). The van der Waals surface area contributed by atoms with Gasteiger partial charge in [0.2, 0.25) is 0 Å². The Morgan fingerprint density at radius 2 is 1.78 bits per heavy atom. The van der Waals surface area contributed by atoms with Crippen LogP contribution in [0.3, 0.4) is 0 Å². The van der Waals surface area contributed by atoms with Crippen molar-refractivity contribution in [1.29, 1.82) is 0 Å². The Labute approximate surface area is 113 Å². The number of aliphatic hydroxyl groups is 1. The molecule has 0 spiro atoms. The summed E-state index contributed by atoms with van der Waals surface area (Å²) in [7, 11) is 0. The lowest BCUT2D eigenvalue weighted by atomic mass is 9.96. The fourth-order valence-electron chi connectivity index (χ4n) is 2.37. The van der Waals surface area contributed by atoms with E-state index >= 15 is 0 Å². The molecular formula is C15H33NO2. The normalized spacial score (nSPS) is 17.2. The van der Waals surface area contributed by atoms with Gasteiger partial charge < -0.3 is 15.2 Å². The van der Waals surface area contributed by atoms with Gasteiger partial charge in [-0.1, -0.05) is 27.7 Å². The standard InChI is InChI=1S/C15H33NO2/c1-12(2)10-14(5)18-9-7-8-15(6,11-17)16-13(3)4/h12-14,16-17H,7-11H2,1-6H3. The number of ether oxygens (including phenoxy) is 1. The number of rotatable bonds is 10. The van der Waals surface area contributed by atoms with Crippen LogP contribution in [-0.2, 0) is 4.74 Å². The lowest BCUT2D eigenvalue weighted by Crippen LogP contribution is -2.49. The minimum Gasteiger partial charge on any atom is -0.394 e. The average Bonchev–Trinajstić information content (AvgIpc) is 2.22. The Balaban J connectivity index is 3.80. The molecular weight excluding hydrogens is 226 g/mol. The van der Waals surface area contributed by atoms with Crippen LogP contribution in [0.25, 0.3) is 0 Å². The minimum atomic E-state index is -0.182. The highest BCUT2D eigenvalue weighted by Crippen LogP contribution is 2.14. The first-order chi connectivity index (χ1) is 8.29. The largest absolute Gasteiger partial charge is 0.394 e. The van der Waals surface area contributed by atoms with E-state index in [-0.39, 0.29) is 12.1 Å². The zero-order valence-corrected chi connectivity index (χ0v) is 13.1. The average molecular weight is 259 g/mol. The predicted molar refractivity (Wildman–Crippen MR) is 77.9 cm³/mol. The van der Waals surface area contributed by atoms with Gasteiger partial charge >= 0.3 is 0 Å². The van der Waals surface area contributed by atoms with Crippen molar-refractivity contribution in [2.75, 3.05) is 13.2 Å². The summed E-state index contributed by atoms with van der Waals surface area (Å²) in [4.78, 5) is 0. The van der Waals surface area contributed by atoms with Crippen LogP contribution in [0.15, 0.2) is 0 Å². The summed E-state index contributed by atoms with van der Waals surface area (Å²) in [5.74, 6) is 0.685. The molecule has 2 unspecified atom stereocenters. The molecule has 0 aliphatic carbocycles. The summed E-state index contributed by atoms with van der Waals surface area (Å²) >= 11 is 0. The van der Waals surface area contributed by atoms with Crippen molar-refractivity contribution in [2.24, 2.45) is 5.92 Å². The lowest BCUT2D eigenvalue weighted by Gasteiger charge is -2.31. The van der Waals surface area contributed by atoms with Crippen LogP contribution >= 0.6 is 0 Å². The quantitative estimate of drug-likeness (QED) is 0.593. The maximum atomic E-state index is 9.46. The van der Waals surface area contributed by atoms with Gasteiger partial charge in [-0.05, 0) is 39.0 Å². The van der Waals surface area contributed by atoms with Crippen LogP contribution in [0.4, 0.5) is 0 Å². The van der Waals surface area contributed by atoms with E-state index < -0.39 is 0 Å². The monoisotopic (exact) mass is 259 g/mol. The molecule has 0 aromatic heterocycles.